The fourth-order valence-electron chi connectivity index (χ4n) is 6.36. The van der Waals surface area contributed by atoms with Crippen molar-refractivity contribution in [1.29, 1.82) is 5.26 Å². The van der Waals surface area contributed by atoms with Crippen molar-refractivity contribution in [1.82, 2.24) is 19.8 Å². The van der Waals surface area contributed by atoms with E-state index in [0.29, 0.717) is 12.3 Å². The standard InChI is InChI=1S/C32H40N8O4/c1-31(2,3)32(14-15-33)20-39(17-18-40(32)30(42)43)27-25(34)26(36-29(37-27)44-19-22-11-8-16-38(22)4)28(41)35-24-13-7-10-21-9-5-6-12-23(21)24/h5-7,9-10,12-13,22H,8,11,14,16-20,34H2,1-4H3,(H,35,41)(H,42,43)/t22-,32+/m0/s1. The number of piperazine rings is 1. The van der Waals surface area contributed by atoms with Crippen molar-refractivity contribution in [3.8, 4) is 12.1 Å². The van der Waals surface area contributed by atoms with Gasteiger partial charge in [0.05, 0.1) is 18.0 Å². The van der Waals surface area contributed by atoms with Crippen LogP contribution in [0.2, 0.25) is 0 Å². The molecule has 1 aromatic heterocycles. The molecule has 0 spiro atoms. The highest BCUT2D eigenvalue weighted by Crippen LogP contribution is 2.43. The zero-order valence-electron chi connectivity index (χ0n) is 25.7. The lowest BCUT2D eigenvalue weighted by molar-refractivity contribution is -0.00282. The fourth-order valence-corrected chi connectivity index (χ4v) is 6.36. The Bertz CT molecular complexity index is 1590. The predicted molar refractivity (Wildman–Crippen MR) is 169 cm³/mol. The van der Waals surface area contributed by atoms with Gasteiger partial charge < -0.3 is 30.7 Å². The summed E-state index contributed by atoms with van der Waals surface area (Å²) in [7, 11) is 2.04. The Balaban J connectivity index is 1.55. The third kappa shape index (κ3) is 5.79. The number of anilines is 3. The molecular weight excluding hydrogens is 560 g/mol. The summed E-state index contributed by atoms with van der Waals surface area (Å²) in [5, 5.41) is 24.7. The zero-order chi connectivity index (χ0) is 31.6. The van der Waals surface area contributed by atoms with Gasteiger partial charge in [-0.1, -0.05) is 57.2 Å². The molecule has 2 fully saturated rings. The van der Waals surface area contributed by atoms with E-state index in [1.165, 1.54) is 4.90 Å². The number of likely N-dealkylation sites (N-methyl/N-ethyl adjacent to an activating group) is 1. The van der Waals surface area contributed by atoms with Crippen LogP contribution in [0.4, 0.5) is 22.0 Å². The number of benzene rings is 2. The van der Waals surface area contributed by atoms with Crippen LogP contribution in [0.25, 0.3) is 10.8 Å². The highest BCUT2D eigenvalue weighted by atomic mass is 16.5. The fraction of sp³-hybridized carbons (Fsp3) is 0.469. The van der Waals surface area contributed by atoms with E-state index in [1.54, 1.807) is 0 Å². The molecule has 44 heavy (non-hydrogen) atoms. The van der Waals surface area contributed by atoms with Crippen LogP contribution in [0, 0.1) is 16.7 Å². The number of rotatable bonds is 7. The number of hydrogen-bond acceptors (Lipinski definition) is 9. The summed E-state index contributed by atoms with van der Waals surface area (Å²) in [6.07, 6.45) is 0.923. The summed E-state index contributed by atoms with van der Waals surface area (Å²) in [5.41, 5.74) is 5.62. The van der Waals surface area contributed by atoms with Crippen LogP contribution in [0.5, 0.6) is 6.01 Å². The van der Waals surface area contributed by atoms with Crippen molar-refractivity contribution in [3.63, 3.8) is 0 Å². The monoisotopic (exact) mass is 600 g/mol. The Morgan fingerprint density at radius 1 is 1.16 bits per heavy atom. The van der Waals surface area contributed by atoms with Crippen LogP contribution < -0.4 is 20.7 Å². The molecule has 2 atom stereocenters. The highest BCUT2D eigenvalue weighted by Gasteiger charge is 2.52. The zero-order valence-corrected chi connectivity index (χ0v) is 25.7. The van der Waals surface area contributed by atoms with Crippen molar-refractivity contribution < 1.29 is 19.4 Å². The van der Waals surface area contributed by atoms with Gasteiger partial charge in [0.1, 0.15) is 12.3 Å². The van der Waals surface area contributed by atoms with Crippen LogP contribution in [0.1, 0.15) is 50.5 Å². The Kier molecular flexibility index (Phi) is 8.52. The van der Waals surface area contributed by atoms with Crippen LogP contribution in [0.3, 0.4) is 0 Å². The number of fused-ring (bicyclic) bond motifs is 1. The van der Waals surface area contributed by atoms with Gasteiger partial charge in [-0.25, -0.2) is 4.79 Å². The second-order valence-electron chi connectivity index (χ2n) is 12.6. The van der Waals surface area contributed by atoms with Crippen molar-refractivity contribution in [2.24, 2.45) is 5.41 Å². The van der Waals surface area contributed by atoms with E-state index in [-0.39, 0.29) is 55.3 Å². The molecule has 0 unspecified atom stereocenters. The van der Waals surface area contributed by atoms with Gasteiger partial charge in [0, 0.05) is 36.7 Å². The van der Waals surface area contributed by atoms with Gasteiger partial charge in [0.15, 0.2) is 11.5 Å². The van der Waals surface area contributed by atoms with E-state index in [2.05, 4.69) is 26.3 Å². The van der Waals surface area contributed by atoms with E-state index >= 15 is 0 Å². The number of nitrogens with two attached hydrogens (primary N) is 1. The molecule has 3 aromatic rings. The number of carboxylic acid groups (broad SMARTS) is 1. The van der Waals surface area contributed by atoms with E-state index in [1.807, 2.05) is 75.2 Å². The molecule has 2 saturated heterocycles. The molecule has 2 aliphatic heterocycles. The van der Waals surface area contributed by atoms with Crippen LogP contribution >= 0.6 is 0 Å². The first kappa shape index (κ1) is 30.8. The third-order valence-electron chi connectivity index (χ3n) is 9.09. The maximum Gasteiger partial charge on any atom is 0.407 e. The number of aromatic nitrogens is 2. The SMILES string of the molecule is CN1CCC[C@H]1COc1nc(C(=O)Nc2cccc3ccccc23)c(N)c(N2CCN(C(=O)O)[C@@](CC#N)(C(C)(C)C)C2)n1. The predicted octanol–water partition coefficient (Wildman–Crippen LogP) is 4.44. The van der Waals surface area contributed by atoms with E-state index < -0.39 is 23.0 Å². The number of carbonyl (C=O) groups excluding carboxylic acids is 1. The number of carbonyl (C=O) groups is 2. The summed E-state index contributed by atoms with van der Waals surface area (Å²) in [6.45, 7) is 7.60. The molecule has 2 aromatic carbocycles. The summed E-state index contributed by atoms with van der Waals surface area (Å²) in [6, 6.07) is 15.8. The molecule has 0 radical (unpaired) electrons. The Labute approximate surface area is 257 Å². The van der Waals surface area contributed by atoms with Gasteiger partial charge in [-0.2, -0.15) is 15.2 Å². The molecule has 232 valence electrons. The van der Waals surface area contributed by atoms with E-state index in [0.717, 1.165) is 30.2 Å². The lowest BCUT2D eigenvalue weighted by Gasteiger charge is -2.55. The molecule has 0 saturated carbocycles. The smallest absolute Gasteiger partial charge is 0.407 e. The molecule has 3 heterocycles. The molecule has 2 amide bonds. The molecule has 5 rings (SSSR count). The minimum Gasteiger partial charge on any atom is -0.465 e. The van der Waals surface area contributed by atoms with Gasteiger partial charge in [-0.05, 0) is 43.3 Å². The summed E-state index contributed by atoms with van der Waals surface area (Å²) in [5.74, 6) is -0.247. The molecule has 2 aliphatic rings. The van der Waals surface area contributed by atoms with Crippen LogP contribution in [-0.4, -0.2) is 88.3 Å². The first-order chi connectivity index (χ1) is 20.9. The molecule has 12 nitrogen and oxygen atoms in total. The molecule has 0 bridgehead atoms. The van der Waals surface area contributed by atoms with Gasteiger partial charge in [-0.15, -0.1) is 0 Å². The van der Waals surface area contributed by atoms with Crippen molar-refractivity contribution >= 4 is 40.0 Å². The number of likely N-dealkylation sites (tertiary alicyclic amines) is 1. The highest BCUT2D eigenvalue weighted by molar-refractivity contribution is 6.11. The Morgan fingerprint density at radius 3 is 2.59 bits per heavy atom. The Hall–Kier alpha value is -4.63. The molecule has 4 N–H and O–H groups in total. The number of nitrogen functional groups attached to an aromatic ring is 1. The first-order valence-electron chi connectivity index (χ1n) is 14.9. The topological polar surface area (TPSA) is 161 Å². The second kappa shape index (κ2) is 12.2. The number of amides is 2. The van der Waals surface area contributed by atoms with E-state index in [4.69, 9.17) is 10.5 Å². The lowest BCUT2D eigenvalue weighted by atomic mass is 9.69. The van der Waals surface area contributed by atoms with Gasteiger partial charge in [0.2, 0.25) is 0 Å². The molecule has 12 heteroatoms. The summed E-state index contributed by atoms with van der Waals surface area (Å²) >= 11 is 0. The summed E-state index contributed by atoms with van der Waals surface area (Å²) in [4.78, 5) is 40.8. The number of nitrogens with zero attached hydrogens (tertiary/aromatic N) is 6. The minimum atomic E-state index is -1.09. The van der Waals surface area contributed by atoms with Crippen LogP contribution in [0.15, 0.2) is 42.5 Å². The van der Waals surface area contributed by atoms with Crippen LogP contribution in [-0.2, 0) is 0 Å². The second-order valence-corrected chi connectivity index (χ2v) is 12.6. The van der Waals surface area contributed by atoms with Crippen molar-refractivity contribution in [2.45, 2.75) is 51.6 Å². The third-order valence-corrected chi connectivity index (χ3v) is 9.09. The first-order valence-corrected chi connectivity index (χ1v) is 14.9. The largest absolute Gasteiger partial charge is 0.465 e. The quantitative estimate of drug-likeness (QED) is 0.354. The average molecular weight is 601 g/mol. The maximum absolute atomic E-state index is 13.8. The van der Waals surface area contributed by atoms with E-state index in [9.17, 15) is 20.0 Å². The molecule has 0 aliphatic carbocycles. The normalized spacial score (nSPS) is 20.8. The lowest BCUT2D eigenvalue weighted by Crippen LogP contribution is -2.69. The number of nitriles is 1. The molecular formula is C32H40N8O4. The Morgan fingerprint density at radius 2 is 1.91 bits per heavy atom. The van der Waals surface area contributed by atoms with Gasteiger partial charge >= 0.3 is 12.1 Å². The number of hydrogen-bond donors (Lipinski definition) is 3. The minimum absolute atomic E-state index is 0.0138. The van der Waals surface area contributed by atoms with Crippen molar-refractivity contribution in [2.75, 3.05) is 55.8 Å². The summed E-state index contributed by atoms with van der Waals surface area (Å²) < 4.78 is 6.10. The number of nitrogens with one attached hydrogen (secondary N) is 1. The van der Waals surface area contributed by atoms with Gasteiger partial charge in [-0.3, -0.25) is 9.69 Å². The van der Waals surface area contributed by atoms with Crippen molar-refractivity contribution in [3.05, 3.63) is 48.2 Å². The van der Waals surface area contributed by atoms with Gasteiger partial charge in [0.25, 0.3) is 5.91 Å². The maximum atomic E-state index is 13.8. The average Bonchev–Trinajstić information content (AvgIpc) is 3.40. The number of ether oxygens (including phenoxy) is 1.